The molecule has 3 rings (SSSR count). The van der Waals surface area contributed by atoms with Gasteiger partial charge in [0.05, 0.1) is 17.5 Å². The molecule has 1 aliphatic carbocycles. The third-order valence-electron chi connectivity index (χ3n) is 4.29. The lowest BCUT2D eigenvalue weighted by atomic mass is 9.76. The van der Waals surface area contributed by atoms with E-state index in [2.05, 4.69) is 6.92 Å². The van der Waals surface area contributed by atoms with E-state index in [0.717, 1.165) is 19.3 Å². The van der Waals surface area contributed by atoms with E-state index in [4.69, 9.17) is 23.2 Å². The van der Waals surface area contributed by atoms with Gasteiger partial charge in [-0.15, -0.1) is 0 Å². The number of rotatable bonds is 1. The number of anilines is 1. The molecule has 1 saturated carbocycles. The zero-order valence-electron chi connectivity index (χ0n) is 11.1. The Kier molecular flexibility index (Phi) is 3.51. The Morgan fingerprint density at radius 2 is 1.60 bits per heavy atom. The Labute approximate surface area is 127 Å². The quantitative estimate of drug-likeness (QED) is 0.737. The van der Waals surface area contributed by atoms with Crippen molar-refractivity contribution in [1.29, 1.82) is 0 Å². The minimum Gasteiger partial charge on any atom is -0.274 e. The van der Waals surface area contributed by atoms with Gasteiger partial charge in [-0.25, -0.2) is 4.90 Å². The first-order chi connectivity index (χ1) is 9.47. The van der Waals surface area contributed by atoms with Gasteiger partial charge in [-0.2, -0.15) is 0 Å². The van der Waals surface area contributed by atoms with Crippen LogP contribution in [0.3, 0.4) is 0 Å². The van der Waals surface area contributed by atoms with Crippen molar-refractivity contribution in [1.82, 2.24) is 0 Å². The second kappa shape index (κ2) is 5.05. The summed E-state index contributed by atoms with van der Waals surface area (Å²) in [4.78, 5) is 26.3. The van der Waals surface area contributed by atoms with Gasteiger partial charge in [-0.1, -0.05) is 30.1 Å². The number of hydrogen-bond donors (Lipinski definition) is 0. The number of amides is 2. The number of halogens is 2. The first-order valence-corrected chi connectivity index (χ1v) is 7.57. The first kappa shape index (κ1) is 13.9. The van der Waals surface area contributed by atoms with Crippen molar-refractivity contribution in [3.8, 4) is 0 Å². The zero-order chi connectivity index (χ0) is 14.4. The van der Waals surface area contributed by atoms with Crippen molar-refractivity contribution in [2.24, 2.45) is 17.8 Å². The van der Waals surface area contributed by atoms with Crippen LogP contribution >= 0.6 is 23.2 Å². The van der Waals surface area contributed by atoms with Gasteiger partial charge in [0, 0.05) is 10.0 Å². The lowest BCUT2D eigenvalue weighted by Gasteiger charge is -2.25. The molecule has 1 aromatic rings. The summed E-state index contributed by atoms with van der Waals surface area (Å²) in [6, 6.07) is 4.82. The molecule has 0 spiro atoms. The number of hydrogen-bond acceptors (Lipinski definition) is 2. The number of nitrogens with zero attached hydrogens (tertiary/aromatic N) is 1. The third-order valence-corrected chi connectivity index (χ3v) is 4.73. The van der Waals surface area contributed by atoms with Gasteiger partial charge in [-0.3, -0.25) is 9.59 Å². The maximum Gasteiger partial charge on any atom is 0.237 e. The maximum absolute atomic E-state index is 12.5. The summed E-state index contributed by atoms with van der Waals surface area (Å²) in [5.41, 5.74) is 0.486. The molecule has 0 radical (unpaired) electrons. The van der Waals surface area contributed by atoms with Crippen LogP contribution in [-0.4, -0.2) is 11.8 Å². The van der Waals surface area contributed by atoms with Crippen molar-refractivity contribution in [2.45, 2.75) is 26.2 Å². The van der Waals surface area contributed by atoms with Crippen molar-refractivity contribution < 1.29 is 9.59 Å². The molecular weight excluding hydrogens is 297 g/mol. The predicted molar refractivity (Wildman–Crippen MR) is 79.0 cm³/mol. The zero-order valence-corrected chi connectivity index (χ0v) is 12.6. The molecule has 5 heteroatoms. The molecule has 1 aromatic carbocycles. The lowest BCUT2D eigenvalue weighted by Crippen LogP contribution is -2.30. The molecule has 2 fully saturated rings. The summed E-state index contributed by atoms with van der Waals surface area (Å²) in [5, 5.41) is 0.854. The van der Waals surface area contributed by atoms with Crippen LogP contribution in [0.5, 0.6) is 0 Å². The SMILES string of the molecule is CC1CCC2C(=O)N(c3cc(Cl)cc(Cl)c3)C(=O)C2C1. The fourth-order valence-corrected chi connectivity index (χ4v) is 3.83. The lowest BCUT2D eigenvalue weighted by molar-refractivity contribution is -0.122. The molecule has 1 saturated heterocycles. The number of carbonyl (C=O) groups excluding carboxylic acids is 2. The molecule has 1 heterocycles. The normalized spacial score (nSPS) is 29.8. The summed E-state index contributed by atoms with van der Waals surface area (Å²) < 4.78 is 0. The Hall–Kier alpha value is -1.06. The van der Waals surface area contributed by atoms with E-state index < -0.39 is 0 Å². The summed E-state index contributed by atoms with van der Waals surface area (Å²) >= 11 is 11.9. The van der Waals surface area contributed by atoms with Crippen molar-refractivity contribution >= 4 is 40.7 Å². The molecule has 3 nitrogen and oxygen atoms in total. The molecule has 2 aliphatic rings. The Morgan fingerprint density at radius 3 is 2.25 bits per heavy atom. The molecule has 2 amide bonds. The van der Waals surface area contributed by atoms with Gasteiger partial charge < -0.3 is 0 Å². The minimum atomic E-state index is -0.177. The average Bonchev–Trinajstić information content (AvgIpc) is 2.60. The number of imide groups is 1. The highest BCUT2D eigenvalue weighted by molar-refractivity contribution is 6.35. The molecule has 3 unspecified atom stereocenters. The van der Waals surface area contributed by atoms with Gasteiger partial charge >= 0.3 is 0 Å². The topological polar surface area (TPSA) is 37.4 Å². The van der Waals surface area contributed by atoms with E-state index in [1.54, 1.807) is 18.2 Å². The van der Waals surface area contributed by atoms with Crippen LogP contribution in [0.25, 0.3) is 0 Å². The van der Waals surface area contributed by atoms with Gasteiger partial charge in [0.15, 0.2) is 0 Å². The molecule has 0 bridgehead atoms. The van der Waals surface area contributed by atoms with Gasteiger partial charge in [0.1, 0.15) is 0 Å². The summed E-state index contributed by atoms with van der Waals surface area (Å²) in [6.07, 6.45) is 2.59. The van der Waals surface area contributed by atoms with E-state index in [1.807, 2.05) is 0 Å². The van der Waals surface area contributed by atoms with E-state index in [-0.39, 0.29) is 23.7 Å². The second-order valence-corrected chi connectivity index (χ2v) is 6.64. The monoisotopic (exact) mass is 311 g/mol. The molecule has 20 heavy (non-hydrogen) atoms. The van der Waals surface area contributed by atoms with Gasteiger partial charge in [-0.05, 0) is 43.4 Å². The van der Waals surface area contributed by atoms with Crippen LogP contribution < -0.4 is 4.90 Å². The summed E-state index contributed by atoms with van der Waals surface area (Å²) in [6.45, 7) is 2.13. The van der Waals surface area contributed by atoms with Crippen LogP contribution in [0.4, 0.5) is 5.69 Å². The fraction of sp³-hybridized carbons (Fsp3) is 0.467. The minimum absolute atomic E-state index is 0.106. The molecule has 1 aliphatic heterocycles. The standard InChI is InChI=1S/C15H15Cl2NO2/c1-8-2-3-12-13(4-8)15(20)18(14(12)19)11-6-9(16)5-10(17)7-11/h5-8,12-13H,2-4H2,1H3. The van der Waals surface area contributed by atoms with Crippen LogP contribution in [0, 0.1) is 17.8 Å². The average molecular weight is 312 g/mol. The first-order valence-electron chi connectivity index (χ1n) is 6.81. The molecule has 0 N–H and O–H groups in total. The van der Waals surface area contributed by atoms with Crippen LogP contribution in [0.15, 0.2) is 18.2 Å². The van der Waals surface area contributed by atoms with E-state index in [9.17, 15) is 9.59 Å². The van der Waals surface area contributed by atoms with Crippen LogP contribution in [0.2, 0.25) is 10.0 Å². The Bertz CT molecular complexity index is 567. The summed E-state index contributed by atoms with van der Waals surface area (Å²) in [7, 11) is 0. The van der Waals surface area contributed by atoms with E-state index in [0.29, 0.717) is 21.7 Å². The highest BCUT2D eigenvalue weighted by atomic mass is 35.5. The highest BCUT2D eigenvalue weighted by Gasteiger charge is 2.50. The maximum atomic E-state index is 12.5. The van der Waals surface area contributed by atoms with Gasteiger partial charge in [0.25, 0.3) is 0 Å². The predicted octanol–water partition coefficient (Wildman–Crippen LogP) is 3.92. The highest BCUT2D eigenvalue weighted by Crippen LogP contribution is 2.42. The van der Waals surface area contributed by atoms with E-state index in [1.165, 1.54) is 4.90 Å². The Morgan fingerprint density at radius 1 is 1.00 bits per heavy atom. The van der Waals surface area contributed by atoms with E-state index >= 15 is 0 Å². The number of carbonyl (C=O) groups is 2. The molecular formula is C15H15Cl2NO2. The largest absolute Gasteiger partial charge is 0.274 e. The summed E-state index contributed by atoms with van der Waals surface area (Å²) in [5.74, 6) is -0.0634. The second-order valence-electron chi connectivity index (χ2n) is 5.77. The molecule has 3 atom stereocenters. The number of benzene rings is 1. The number of fused-ring (bicyclic) bond motifs is 1. The van der Waals surface area contributed by atoms with Crippen LogP contribution in [0.1, 0.15) is 26.2 Å². The molecule has 106 valence electrons. The molecule has 0 aromatic heterocycles. The van der Waals surface area contributed by atoms with Crippen molar-refractivity contribution in [2.75, 3.05) is 4.90 Å². The fourth-order valence-electron chi connectivity index (χ4n) is 3.31. The van der Waals surface area contributed by atoms with Gasteiger partial charge in [0.2, 0.25) is 11.8 Å². The third kappa shape index (κ3) is 2.23. The Balaban J connectivity index is 1.98. The van der Waals surface area contributed by atoms with Crippen molar-refractivity contribution in [3.05, 3.63) is 28.2 Å². The smallest absolute Gasteiger partial charge is 0.237 e. The van der Waals surface area contributed by atoms with Crippen LogP contribution in [-0.2, 0) is 9.59 Å². The van der Waals surface area contributed by atoms with Crippen molar-refractivity contribution in [3.63, 3.8) is 0 Å².